The van der Waals surface area contributed by atoms with Crippen molar-refractivity contribution in [2.45, 2.75) is 13.0 Å². The minimum absolute atomic E-state index is 0.107. The number of furan rings is 1. The molecule has 1 atom stereocenters. The summed E-state index contributed by atoms with van der Waals surface area (Å²) in [6, 6.07) is 12.3. The van der Waals surface area contributed by atoms with Gasteiger partial charge in [-0.25, -0.2) is 0 Å². The van der Waals surface area contributed by atoms with Crippen molar-refractivity contribution in [1.29, 1.82) is 0 Å². The fourth-order valence-corrected chi connectivity index (χ4v) is 2.15. The molecule has 0 aliphatic rings. The first-order chi connectivity index (χ1) is 7.83. The van der Waals surface area contributed by atoms with Gasteiger partial charge in [-0.05, 0) is 34.1 Å². The van der Waals surface area contributed by atoms with Crippen LogP contribution < -0.4 is 5.32 Å². The molecule has 16 heavy (non-hydrogen) atoms. The molecule has 1 heterocycles. The molecule has 1 unspecified atom stereocenters. The molecule has 1 aromatic heterocycles. The van der Waals surface area contributed by atoms with Crippen molar-refractivity contribution >= 4 is 15.9 Å². The fraction of sp³-hybridized carbons (Fsp3) is 0.231. The third-order valence-electron chi connectivity index (χ3n) is 2.45. The van der Waals surface area contributed by atoms with E-state index >= 15 is 0 Å². The topological polar surface area (TPSA) is 25.2 Å². The van der Waals surface area contributed by atoms with Crippen LogP contribution in [-0.4, -0.2) is 6.54 Å². The summed E-state index contributed by atoms with van der Waals surface area (Å²) < 4.78 is 6.53. The lowest BCUT2D eigenvalue weighted by atomic mass is 10.0. The molecule has 84 valence electrons. The van der Waals surface area contributed by atoms with Crippen molar-refractivity contribution in [2.75, 3.05) is 6.54 Å². The third-order valence-corrected chi connectivity index (χ3v) is 3.10. The highest BCUT2D eigenvalue weighted by atomic mass is 79.9. The van der Waals surface area contributed by atoms with Gasteiger partial charge < -0.3 is 9.73 Å². The molecule has 1 aromatic carbocycles. The van der Waals surface area contributed by atoms with Gasteiger partial charge in [-0.1, -0.05) is 37.3 Å². The van der Waals surface area contributed by atoms with E-state index in [0.29, 0.717) is 0 Å². The van der Waals surface area contributed by atoms with Gasteiger partial charge in [0.15, 0.2) is 0 Å². The van der Waals surface area contributed by atoms with Gasteiger partial charge in [-0.2, -0.15) is 0 Å². The normalized spacial score (nSPS) is 12.6. The second-order valence-electron chi connectivity index (χ2n) is 3.53. The van der Waals surface area contributed by atoms with Crippen LogP contribution in [0.5, 0.6) is 0 Å². The molecule has 0 saturated heterocycles. The van der Waals surface area contributed by atoms with Crippen LogP contribution >= 0.6 is 15.9 Å². The maximum atomic E-state index is 5.52. The summed E-state index contributed by atoms with van der Waals surface area (Å²) in [7, 11) is 0. The predicted molar refractivity (Wildman–Crippen MR) is 68.4 cm³/mol. The van der Waals surface area contributed by atoms with Gasteiger partial charge >= 0.3 is 0 Å². The highest BCUT2D eigenvalue weighted by Crippen LogP contribution is 2.29. The zero-order chi connectivity index (χ0) is 11.4. The third kappa shape index (κ3) is 2.36. The molecule has 2 nitrogen and oxygen atoms in total. The number of hydrogen-bond donors (Lipinski definition) is 1. The van der Waals surface area contributed by atoms with Crippen LogP contribution in [0.1, 0.15) is 24.3 Å². The van der Waals surface area contributed by atoms with Crippen LogP contribution in [0.25, 0.3) is 0 Å². The van der Waals surface area contributed by atoms with E-state index in [1.54, 1.807) is 6.26 Å². The average Bonchev–Trinajstić information content (AvgIpc) is 2.73. The summed E-state index contributed by atoms with van der Waals surface area (Å²) in [6.07, 6.45) is 1.70. The summed E-state index contributed by atoms with van der Waals surface area (Å²) in [5.41, 5.74) is 1.21. The van der Waals surface area contributed by atoms with Crippen LogP contribution in [0.2, 0.25) is 0 Å². The molecule has 0 aliphatic heterocycles. The quantitative estimate of drug-likeness (QED) is 0.922. The Hall–Kier alpha value is -1.06. The Morgan fingerprint density at radius 1 is 1.25 bits per heavy atom. The summed E-state index contributed by atoms with van der Waals surface area (Å²) in [5, 5.41) is 3.42. The maximum absolute atomic E-state index is 5.52. The predicted octanol–water partition coefficient (Wildman–Crippen LogP) is 3.74. The van der Waals surface area contributed by atoms with E-state index in [1.165, 1.54) is 5.56 Å². The molecule has 1 N–H and O–H groups in total. The minimum Gasteiger partial charge on any atom is -0.466 e. The average molecular weight is 280 g/mol. The van der Waals surface area contributed by atoms with Gasteiger partial charge in [-0.15, -0.1) is 0 Å². The first kappa shape index (κ1) is 11.4. The van der Waals surface area contributed by atoms with Crippen LogP contribution in [0, 0.1) is 0 Å². The van der Waals surface area contributed by atoms with Gasteiger partial charge in [0.1, 0.15) is 5.76 Å². The van der Waals surface area contributed by atoms with Crippen LogP contribution in [0.4, 0.5) is 0 Å². The van der Waals surface area contributed by atoms with E-state index in [0.717, 1.165) is 16.8 Å². The van der Waals surface area contributed by atoms with E-state index in [2.05, 4.69) is 40.3 Å². The maximum Gasteiger partial charge on any atom is 0.139 e. The number of nitrogens with one attached hydrogen (secondary N) is 1. The Bertz CT molecular complexity index is 438. The molecule has 0 aliphatic carbocycles. The molecular weight excluding hydrogens is 266 g/mol. The van der Waals surface area contributed by atoms with Crippen LogP contribution in [0.15, 0.2) is 51.6 Å². The van der Waals surface area contributed by atoms with Crippen molar-refractivity contribution < 1.29 is 4.42 Å². The highest BCUT2D eigenvalue weighted by Gasteiger charge is 2.18. The summed E-state index contributed by atoms with van der Waals surface area (Å²) in [5.74, 6) is 0.924. The summed E-state index contributed by atoms with van der Waals surface area (Å²) in [4.78, 5) is 0. The zero-order valence-electron chi connectivity index (χ0n) is 9.11. The number of benzene rings is 1. The van der Waals surface area contributed by atoms with Crippen molar-refractivity contribution in [2.24, 2.45) is 0 Å². The number of hydrogen-bond acceptors (Lipinski definition) is 2. The monoisotopic (exact) mass is 279 g/mol. The molecule has 3 heteroatoms. The fourth-order valence-electron chi connectivity index (χ4n) is 1.72. The van der Waals surface area contributed by atoms with E-state index in [-0.39, 0.29) is 6.04 Å². The molecule has 0 bridgehead atoms. The Morgan fingerprint density at radius 2 is 2.00 bits per heavy atom. The molecule has 0 saturated carbocycles. The van der Waals surface area contributed by atoms with E-state index in [1.807, 2.05) is 24.3 Å². The minimum atomic E-state index is 0.107. The SMILES string of the molecule is CCNC(c1ccccc1)c1occc1Br. The Balaban J connectivity index is 2.35. The van der Waals surface area contributed by atoms with Crippen molar-refractivity contribution in [3.8, 4) is 0 Å². The Morgan fingerprint density at radius 3 is 2.56 bits per heavy atom. The molecule has 0 fully saturated rings. The van der Waals surface area contributed by atoms with E-state index < -0.39 is 0 Å². The molecule has 2 rings (SSSR count). The second kappa shape index (κ2) is 5.32. The zero-order valence-corrected chi connectivity index (χ0v) is 10.7. The molecule has 2 aromatic rings. The molecule has 0 amide bonds. The van der Waals surface area contributed by atoms with Crippen molar-refractivity contribution in [3.63, 3.8) is 0 Å². The van der Waals surface area contributed by atoms with Crippen LogP contribution in [0.3, 0.4) is 0 Å². The van der Waals surface area contributed by atoms with Crippen LogP contribution in [-0.2, 0) is 0 Å². The van der Waals surface area contributed by atoms with E-state index in [4.69, 9.17) is 4.42 Å². The molecule has 0 radical (unpaired) electrons. The number of halogens is 1. The van der Waals surface area contributed by atoms with Gasteiger partial charge in [0.05, 0.1) is 16.8 Å². The summed E-state index contributed by atoms with van der Waals surface area (Å²) in [6.45, 7) is 2.99. The molecular formula is C13H14BrNO. The van der Waals surface area contributed by atoms with Gasteiger partial charge in [0.25, 0.3) is 0 Å². The largest absolute Gasteiger partial charge is 0.466 e. The lowest BCUT2D eigenvalue weighted by Crippen LogP contribution is -2.21. The van der Waals surface area contributed by atoms with Crippen molar-refractivity contribution in [1.82, 2.24) is 5.32 Å². The van der Waals surface area contributed by atoms with Gasteiger partial charge in [-0.3, -0.25) is 0 Å². The van der Waals surface area contributed by atoms with Crippen molar-refractivity contribution in [3.05, 3.63) is 58.5 Å². The van der Waals surface area contributed by atoms with Gasteiger partial charge in [0.2, 0.25) is 0 Å². The first-order valence-electron chi connectivity index (χ1n) is 5.34. The smallest absolute Gasteiger partial charge is 0.139 e. The number of rotatable bonds is 4. The lowest BCUT2D eigenvalue weighted by molar-refractivity contribution is 0.450. The van der Waals surface area contributed by atoms with E-state index in [9.17, 15) is 0 Å². The Labute approximate surface area is 104 Å². The molecule has 0 spiro atoms. The Kier molecular flexibility index (Phi) is 3.80. The first-order valence-corrected chi connectivity index (χ1v) is 6.13. The lowest BCUT2D eigenvalue weighted by Gasteiger charge is -2.16. The summed E-state index contributed by atoms with van der Waals surface area (Å²) >= 11 is 3.50. The highest BCUT2D eigenvalue weighted by molar-refractivity contribution is 9.10. The standard InChI is InChI=1S/C13H14BrNO/c1-2-15-12(10-6-4-3-5-7-10)13-11(14)8-9-16-13/h3-9,12,15H,2H2,1H3. The second-order valence-corrected chi connectivity index (χ2v) is 4.39. The van der Waals surface area contributed by atoms with Gasteiger partial charge in [0, 0.05) is 0 Å².